The van der Waals surface area contributed by atoms with Crippen molar-refractivity contribution >= 4 is 34.2 Å². The summed E-state index contributed by atoms with van der Waals surface area (Å²) >= 11 is 3.42. The number of rotatable bonds is 1. The van der Waals surface area contributed by atoms with E-state index in [2.05, 4.69) is 30.8 Å². The molecule has 2 rings (SSSR count). The third kappa shape index (κ3) is 2.56. The van der Waals surface area contributed by atoms with E-state index >= 15 is 0 Å². The summed E-state index contributed by atoms with van der Waals surface area (Å²) < 4.78 is 6.20. The van der Waals surface area contributed by atoms with E-state index in [0.717, 1.165) is 36.6 Å². The fraction of sp³-hybridized carbons (Fsp3) is 0.500. The van der Waals surface area contributed by atoms with Gasteiger partial charge in [-0.1, -0.05) is 0 Å². The van der Waals surface area contributed by atoms with Crippen molar-refractivity contribution in [3.8, 4) is 0 Å². The Labute approximate surface area is 97.2 Å². The molecule has 0 aromatic carbocycles. The number of ether oxygens (including phenoxy) is 1. The minimum Gasteiger partial charge on any atom is -0.378 e. The lowest BCUT2D eigenvalue weighted by atomic mass is 10.4. The molecule has 0 N–H and O–H groups in total. The first-order valence-electron chi connectivity index (χ1n) is 4.16. The maximum absolute atomic E-state index is 5.26. The molecule has 4 nitrogen and oxygen atoms in total. The molecule has 0 radical (unpaired) electrons. The molecule has 0 amide bonds. The normalized spacial score (nSPS) is 16.2. The van der Waals surface area contributed by atoms with Crippen LogP contribution in [0.25, 0.3) is 0 Å². The van der Waals surface area contributed by atoms with Crippen LogP contribution in [-0.2, 0) is 4.74 Å². The van der Waals surface area contributed by atoms with Crippen molar-refractivity contribution in [3.05, 3.63) is 17.0 Å². The van der Waals surface area contributed by atoms with Gasteiger partial charge in [0.05, 0.1) is 17.7 Å². The Morgan fingerprint density at radius 3 is 2.71 bits per heavy atom. The second kappa shape index (κ2) is 5.48. The van der Waals surface area contributed by atoms with Gasteiger partial charge < -0.3 is 9.64 Å². The monoisotopic (exact) mass is 279 g/mol. The highest BCUT2D eigenvalue weighted by atomic mass is 79.9. The van der Waals surface area contributed by atoms with Crippen LogP contribution < -0.4 is 4.90 Å². The number of nitrogens with zero attached hydrogens (tertiary/aromatic N) is 3. The lowest BCUT2D eigenvalue weighted by molar-refractivity contribution is 0.122. The zero-order chi connectivity index (χ0) is 9.10. The molecule has 1 aliphatic heterocycles. The molecule has 0 aliphatic carbocycles. The van der Waals surface area contributed by atoms with Crippen molar-refractivity contribution in [2.75, 3.05) is 31.2 Å². The molecule has 6 heteroatoms. The summed E-state index contributed by atoms with van der Waals surface area (Å²) in [5.41, 5.74) is 0. The SMILES string of the molecule is Brc1cncnc1N1CCOCC1.Cl. The maximum Gasteiger partial charge on any atom is 0.146 e. The zero-order valence-electron chi connectivity index (χ0n) is 7.52. The van der Waals surface area contributed by atoms with Gasteiger partial charge in [-0.2, -0.15) is 0 Å². The van der Waals surface area contributed by atoms with E-state index in [1.165, 1.54) is 0 Å². The van der Waals surface area contributed by atoms with E-state index in [1.54, 1.807) is 12.5 Å². The second-order valence-electron chi connectivity index (χ2n) is 2.79. The second-order valence-corrected chi connectivity index (χ2v) is 3.65. The quantitative estimate of drug-likeness (QED) is 0.781. The van der Waals surface area contributed by atoms with Crippen LogP contribution in [0.4, 0.5) is 5.82 Å². The number of hydrogen-bond donors (Lipinski definition) is 0. The Hall–Kier alpha value is -0.390. The van der Waals surface area contributed by atoms with Crippen molar-refractivity contribution in [2.24, 2.45) is 0 Å². The van der Waals surface area contributed by atoms with Gasteiger partial charge in [0, 0.05) is 19.3 Å². The maximum atomic E-state index is 5.26. The van der Waals surface area contributed by atoms with Crippen LogP contribution in [-0.4, -0.2) is 36.3 Å². The molecule has 0 spiro atoms. The molecular weight excluding hydrogens is 269 g/mol. The first-order chi connectivity index (χ1) is 6.38. The third-order valence-corrected chi connectivity index (χ3v) is 2.52. The van der Waals surface area contributed by atoms with E-state index < -0.39 is 0 Å². The number of anilines is 1. The summed E-state index contributed by atoms with van der Waals surface area (Å²) in [6.45, 7) is 3.35. The Bertz CT molecular complexity index is 294. The van der Waals surface area contributed by atoms with Crippen LogP contribution >= 0.6 is 28.3 Å². The van der Waals surface area contributed by atoms with E-state index in [1.807, 2.05) is 0 Å². The van der Waals surface area contributed by atoms with Gasteiger partial charge in [-0.05, 0) is 15.9 Å². The van der Waals surface area contributed by atoms with Crippen molar-refractivity contribution < 1.29 is 4.74 Å². The number of aromatic nitrogens is 2. The number of halogens is 2. The van der Waals surface area contributed by atoms with Crippen molar-refractivity contribution in [1.29, 1.82) is 0 Å². The first kappa shape index (κ1) is 11.7. The van der Waals surface area contributed by atoms with Crippen LogP contribution in [0.15, 0.2) is 17.0 Å². The molecule has 1 aromatic heterocycles. The summed E-state index contributed by atoms with van der Waals surface area (Å²) in [6, 6.07) is 0. The molecule has 2 heterocycles. The molecule has 0 saturated carbocycles. The first-order valence-corrected chi connectivity index (χ1v) is 4.95. The van der Waals surface area contributed by atoms with Gasteiger partial charge in [0.15, 0.2) is 0 Å². The van der Waals surface area contributed by atoms with Crippen molar-refractivity contribution in [3.63, 3.8) is 0 Å². The van der Waals surface area contributed by atoms with Crippen molar-refractivity contribution in [1.82, 2.24) is 9.97 Å². The third-order valence-electron chi connectivity index (χ3n) is 1.96. The van der Waals surface area contributed by atoms with E-state index in [9.17, 15) is 0 Å². The van der Waals surface area contributed by atoms with Gasteiger partial charge in [0.1, 0.15) is 12.1 Å². The molecule has 1 aromatic rings. The molecule has 1 aliphatic rings. The van der Waals surface area contributed by atoms with Crippen LogP contribution in [0.5, 0.6) is 0 Å². The lowest BCUT2D eigenvalue weighted by Crippen LogP contribution is -2.37. The average Bonchev–Trinajstić information content (AvgIpc) is 2.20. The molecule has 0 bridgehead atoms. The van der Waals surface area contributed by atoms with E-state index in [4.69, 9.17) is 4.74 Å². The van der Waals surface area contributed by atoms with Gasteiger partial charge in [-0.25, -0.2) is 9.97 Å². The summed E-state index contributed by atoms with van der Waals surface area (Å²) in [6.07, 6.45) is 3.33. The minimum absolute atomic E-state index is 0. The highest BCUT2D eigenvalue weighted by Gasteiger charge is 2.14. The van der Waals surface area contributed by atoms with Crippen LogP contribution in [0, 0.1) is 0 Å². The largest absolute Gasteiger partial charge is 0.378 e. The van der Waals surface area contributed by atoms with Gasteiger partial charge in [-0.3, -0.25) is 0 Å². The molecule has 1 saturated heterocycles. The summed E-state index contributed by atoms with van der Waals surface area (Å²) in [5.74, 6) is 0.957. The Kier molecular flexibility index (Phi) is 4.57. The lowest BCUT2D eigenvalue weighted by Gasteiger charge is -2.28. The van der Waals surface area contributed by atoms with Crippen LogP contribution in [0.3, 0.4) is 0 Å². The predicted octanol–water partition coefficient (Wildman–Crippen LogP) is 1.50. The van der Waals surface area contributed by atoms with Gasteiger partial charge >= 0.3 is 0 Å². The van der Waals surface area contributed by atoms with Crippen LogP contribution in [0.1, 0.15) is 0 Å². The van der Waals surface area contributed by atoms with Gasteiger partial charge in [0.2, 0.25) is 0 Å². The molecule has 78 valence electrons. The number of hydrogen-bond acceptors (Lipinski definition) is 4. The highest BCUT2D eigenvalue weighted by molar-refractivity contribution is 9.10. The van der Waals surface area contributed by atoms with E-state index in [-0.39, 0.29) is 12.4 Å². The fourth-order valence-electron chi connectivity index (χ4n) is 1.31. The molecule has 0 atom stereocenters. The summed E-state index contributed by atoms with van der Waals surface area (Å²) in [4.78, 5) is 10.3. The van der Waals surface area contributed by atoms with Gasteiger partial charge in [-0.15, -0.1) is 12.4 Å². The Morgan fingerprint density at radius 1 is 1.36 bits per heavy atom. The van der Waals surface area contributed by atoms with Crippen LogP contribution in [0.2, 0.25) is 0 Å². The molecule has 1 fully saturated rings. The smallest absolute Gasteiger partial charge is 0.146 e. The molecule has 0 unspecified atom stereocenters. The van der Waals surface area contributed by atoms with Gasteiger partial charge in [0.25, 0.3) is 0 Å². The molecule has 14 heavy (non-hydrogen) atoms. The number of morpholine rings is 1. The standard InChI is InChI=1S/C8H10BrN3O.ClH/c9-7-5-10-6-11-8(7)12-1-3-13-4-2-12;/h5-6H,1-4H2;1H. The Morgan fingerprint density at radius 2 is 2.07 bits per heavy atom. The average molecular weight is 281 g/mol. The molecular formula is C8H11BrClN3O. The summed E-state index contributed by atoms with van der Waals surface area (Å²) in [7, 11) is 0. The fourth-order valence-corrected chi connectivity index (χ4v) is 1.79. The summed E-state index contributed by atoms with van der Waals surface area (Å²) in [5, 5.41) is 0. The predicted molar refractivity (Wildman–Crippen MR) is 60.0 cm³/mol. The topological polar surface area (TPSA) is 38.2 Å². The zero-order valence-corrected chi connectivity index (χ0v) is 9.92. The minimum atomic E-state index is 0. The Balaban J connectivity index is 0.000000980. The van der Waals surface area contributed by atoms with Crippen molar-refractivity contribution in [2.45, 2.75) is 0 Å². The highest BCUT2D eigenvalue weighted by Crippen LogP contribution is 2.22. The van der Waals surface area contributed by atoms with E-state index in [0.29, 0.717) is 0 Å².